The summed E-state index contributed by atoms with van der Waals surface area (Å²) in [6, 6.07) is 11.2. The van der Waals surface area contributed by atoms with E-state index in [2.05, 4.69) is 20.3 Å². The van der Waals surface area contributed by atoms with Gasteiger partial charge >= 0.3 is 0 Å². The summed E-state index contributed by atoms with van der Waals surface area (Å²) in [5.41, 5.74) is 7.96. The van der Waals surface area contributed by atoms with E-state index in [9.17, 15) is 4.79 Å². The third kappa shape index (κ3) is 3.56. The Morgan fingerprint density at radius 3 is 2.89 bits per heavy atom. The van der Waals surface area contributed by atoms with Gasteiger partial charge in [0.05, 0.1) is 27.5 Å². The molecule has 4 rings (SSSR count). The fourth-order valence-electron chi connectivity index (χ4n) is 2.98. The lowest BCUT2D eigenvalue weighted by molar-refractivity contribution is -0.115. The molecule has 142 valence electrons. The number of thiophene rings is 1. The number of hydrogen-bond acceptors (Lipinski definition) is 6. The van der Waals surface area contributed by atoms with Crippen LogP contribution in [0, 0.1) is 0 Å². The first-order chi connectivity index (χ1) is 13.5. The lowest BCUT2D eigenvalue weighted by Gasteiger charge is -2.07. The molecule has 28 heavy (non-hydrogen) atoms. The first-order valence-corrected chi connectivity index (χ1v) is 9.87. The number of aryl methyl sites for hydroxylation is 1. The number of amides is 1. The number of nitrogens with zero attached hydrogens (tertiary/aromatic N) is 4. The summed E-state index contributed by atoms with van der Waals surface area (Å²) in [5.74, 6) is 0.579. The number of para-hydroxylation sites is 1. The van der Waals surface area contributed by atoms with Gasteiger partial charge in [0.25, 0.3) is 0 Å². The third-order valence-electron chi connectivity index (χ3n) is 4.22. The van der Waals surface area contributed by atoms with Crippen LogP contribution in [0.15, 0.2) is 42.6 Å². The quantitative estimate of drug-likeness (QED) is 0.516. The van der Waals surface area contributed by atoms with E-state index in [1.165, 1.54) is 11.3 Å². The number of aromatic nitrogens is 4. The highest BCUT2D eigenvalue weighted by molar-refractivity contribution is 7.15. The number of carbonyl (C=O) groups is 1. The normalized spacial score (nSPS) is 11.1. The highest BCUT2D eigenvalue weighted by atomic mass is 35.5. The van der Waals surface area contributed by atoms with Crippen LogP contribution in [0.25, 0.3) is 21.6 Å². The Bertz CT molecular complexity index is 1170. The minimum absolute atomic E-state index is 0.142. The first kappa shape index (κ1) is 18.4. The highest BCUT2D eigenvalue weighted by Crippen LogP contribution is 2.28. The van der Waals surface area contributed by atoms with Gasteiger partial charge in [0.15, 0.2) is 0 Å². The number of nitrogens with two attached hydrogens (primary N) is 1. The zero-order valence-electron chi connectivity index (χ0n) is 15.0. The van der Waals surface area contributed by atoms with Crippen molar-refractivity contribution in [1.82, 2.24) is 19.5 Å². The number of fused-ring (bicyclic) bond motifs is 1. The van der Waals surface area contributed by atoms with Crippen LogP contribution >= 0.6 is 22.9 Å². The third-order valence-corrected chi connectivity index (χ3v) is 5.63. The monoisotopic (exact) mass is 412 g/mol. The van der Waals surface area contributed by atoms with Crippen molar-refractivity contribution in [2.45, 2.75) is 19.9 Å². The van der Waals surface area contributed by atoms with Crippen molar-refractivity contribution in [3.63, 3.8) is 0 Å². The van der Waals surface area contributed by atoms with E-state index in [-0.39, 0.29) is 18.3 Å². The molecule has 0 radical (unpaired) electrons. The van der Waals surface area contributed by atoms with Crippen LogP contribution < -0.4 is 11.1 Å². The van der Waals surface area contributed by atoms with Crippen LogP contribution in [-0.4, -0.2) is 25.4 Å². The van der Waals surface area contributed by atoms with Crippen molar-refractivity contribution in [2.24, 2.45) is 0 Å². The van der Waals surface area contributed by atoms with Gasteiger partial charge in [-0.2, -0.15) is 0 Å². The molecule has 0 atom stereocenters. The van der Waals surface area contributed by atoms with E-state index >= 15 is 0 Å². The van der Waals surface area contributed by atoms with E-state index in [1.54, 1.807) is 18.3 Å². The van der Waals surface area contributed by atoms with Crippen LogP contribution in [0.5, 0.6) is 0 Å². The second kappa shape index (κ2) is 7.57. The number of halogens is 1. The van der Waals surface area contributed by atoms with Crippen molar-refractivity contribution in [2.75, 3.05) is 11.1 Å². The fraction of sp³-hybridized carbons (Fsp3) is 0.158. The molecule has 0 saturated carbocycles. The molecule has 4 aromatic rings. The topological polar surface area (TPSA) is 98.7 Å². The van der Waals surface area contributed by atoms with E-state index in [1.807, 2.05) is 35.8 Å². The average molecular weight is 413 g/mol. The van der Waals surface area contributed by atoms with Gasteiger partial charge < -0.3 is 10.3 Å². The molecule has 3 N–H and O–H groups in total. The number of nitrogen functional groups attached to an aromatic ring is 1. The Kier molecular flexibility index (Phi) is 4.97. The van der Waals surface area contributed by atoms with Gasteiger partial charge in [0.2, 0.25) is 17.8 Å². The van der Waals surface area contributed by atoms with Gasteiger partial charge in [-0.1, -0.05) is 17.7 Å². The molecule has 1 amide bonds. The molecule has 0 saturated heterocycles. The van der Waals surface area contributed by atoms with Crippen molar-refractivity contribution in [1.29, 1.82) is 0 Å². The van der Waals surface area contributed by atoms with Crippen molar-refractivity contribution < 1.29 is 4.79 Å². The van der Waals surface area contributed by atoms with E-state index < -0.39 is 0 Å². The van der Waals surface area contributed by atoms with Gasteiger partial charge in [-0.3, -0.25) is 10.1 Å². The number of hydrogen-bond donors (Lipinski definition) is 2. The van der Waals surface area contributed by atoms with Gasteiger partial charge in [-0.15, -0.1) is 11.3 Å². The van der Waals surface area contributed by atoms with Gasteiger partial charge in [0, 0.05) is 17.6 Å². The van der Waals surface area contributed by atoms with E-state index in [0.717, 1.165) is 21.0 Å². The summed E-state index contributed by atoms with van der Waals surface area (Å²) in [4.78, 5) is 27.0. The number of rotatable bonds is 5. The highest BCUT2D eigenvalue weighted by Gasteiger charge is 2.15. The lowest BCUT2D eigenvalue weighted by Crippen LogP contribution is -2.17. The molecule has 0 spiro atoms. The standard InChI is InChI=1S/C19H17ClN6OS/c1-2-26-14-5-3-4-12(20)17(14)25-19(26)24-16(27)10-11-6-7-15(28-11)13-8-9-22-18(21)23-13/h3-9H,2,10H2,1H3,(H2,21,22,23)(H,24,25,27). The molecule has 1 aromatic carbocycles. The molecule has 3 aromatic heterocycles. The largest absolute Gasteiger partial charge is 0.368 e. The maximum Gasteiger partial charge on any atom is 0.231 e. The Balaban J connectivity index is 1.53. The molecular formula is C19H17ClN6OS. The van der Waals surface area contributed by atoms with Crippen molar-refractivity contribution in [3.05, 3.63) is 52.5 Å². The fourth-order valence-corrected chi connectivity index (χ4v) is 4.17. The Morgan fingerprint density at radius 2 is 2.11 bits per heavy atom. The summed E-state index contributed by atoms with van der Waals surface area (Å²) in [6.07, 6.45) is 1.86. The summed E-state index contributed by atoms with van der Waals surface area (Å²) >= 11 is 7.73. The summed E-state index contributed by atoms with van der Waals surface area (Å²) in [7, 11) is 0. The zero-order chi connectivity index (χ0) is 19.7. The first-order valence-electron chi connectivity index (χ1n) is 8.67. The molecule has 0 aliphatic carbocycles. The predicted molar refractivity (Wildman–Crippen MR) is 113 cm³/mol. The summed E-state index contributed by atoms with van der Waals surface area (Å²) < 4.78 is 1.93. The average Bonchev–Trinajstić information content (AvgIpc) is 3.26. The van der Waals surface area contributed by atoms with Crippen LogP contribution in [0.4, 0.5) is 11.9 Å². The number of nitrogens with one attached hydrogen (secondary N) is 1. The zero-order valence-corrected chi connectivity index (χ0v) is 16.6. The van der Waals surface area contributed by atoms with Crippen molar-refractivity contribution >= 4 is 51.8 Å². The number of imidazole rings is 1. The molecular weight excluding hydrogens is 396 g/mol. The molecule has 9 heteroatoms. The van der Waals surface area contributed by atoms with E-state index in [4.69, 9.17) is 17.3 Å². The smallest absolute Gasteiger partial charge is 0.231 e. The summed E-state index contributed by atoms with van der Waals surface area (Å²) in [5, 5.41) is 3.46. The maximum absolute atomic E-state index is 12.6. The van der Waals surface area contributed by atoms with E-state index in [0.29, 0.717) is 23.0 Å². The number of anilines is 2. The minimum atomic E-state index is -0.142. The molecule has 3 heterocycles. The van der Waals surface area contributed by atoms with Gasteiger partial charge in [-0.05, 0) is 37.3 Å². The van der Waals surface area contributed by atoms with Crippen LogP contribution in [0.3, 0.4) is 0 Å². The Labute approximate surface area is 170 Å². The maximum atomic E-state index is 12.6. The predicted octanol–water partition coefficient (Wildman–Crippen LogP) is 3.99. The molecule has 7 nitrogen and oxygen atoms in total. The molecule has 0 bridgehead atoms. The number of carbonyl (C=O) groups excluding carboxylic acids is 1. The molecule has 0 fully saturated rings. The van der Waals surface area contributed by atoms with Gasteiger partial charge in [-0.25, -0.2) is 15.0 Å². The Morgan fingerprint density at radius 1 is 1.25 bits per heavy atom. The lowest BCUT2D eigenvalue weighted by atomic mass is 10.3. The SMILES string of the molecule is CCn1c(NC(=O)Cc2ccc(-c3ccnc(N)n3)s2)nc2c(Cl)cccc21. The molecule has 0 unspecified atom stereocenters. The molecule has 0 aliphatic heterocycles. The van der Waals surface area contributed by atoms with Crippen LogP contribution in [0.2, 0.25) is 5.02 Å². The van der Waals surface area contributed by atoms with Crippen LogP contribution in [-0.2, 0) is 17.8 Å². The number of benzene rings is 1. The Hall–Kier alpha value is -2.97. The van der Waals surface area contributed by atoms with Crippen LogP contribution in [0.1, 0.15) is 11.8 Å². The van der Waals surface area contributed by atoms with Crippen molar-refractivity contribution in [3.8, 4) is 10.6 Å². The summed E-state index contributed by atoms with van der Waals surface area (Å²) in [6.45, 7) is 2.67. The molecule has 0 aliphatic rings. The second-order valence-corrected chi connectivity index (χ2v) is 7.65. The minimum Gasteiger partial charge on any atom is -0.368 e. The second-order valence-electron chi connectivity index (χ2n) is 6.08. The van der Waals surface area contributed by atoms with Gasteiger partial charge in [0.1, 0.15) is 5.52 Å².